The molecule has 0 atom stereocenters. The van der Waals surface area contributed by atoms with Gasteiger partial charge in [0.25, 0.3) is 0 Å². The van der Waals surface area contributed by atoms with Crippen molar-refractivity contribution >= 4 is 0 Å². The van der Waals surface area contributed by atoms with Gasteiger partial charge in [-0.3, -0.25) is 0 Å². The minimum Gasteiger partial charge on any atom is -0.504 e. The van der Waals surface area contributed by atoms with Crippen LogP contribution in [0.3, 0.4) is 0 Å². The van der Waals surface area contributed by atoms with Crippen LogP contribution in [0.15, 0.2) is 12.1 Å². The fourth-order valence-corrected chi connectivity index (χ4v) is 2.67. The first kappa shape index (κ1) is 13.9. The predicted molar refractivity (Wildman–Crippen MR) is 65.6 cm³/mol. The maximum Gasteiger partial charge on any atom is 0.248 e. The second kappa shape index (κ2) is 4.52. The van der Waals surface area contributed by atoms with Crippen LogP contribution >= 0.6 is 0 Å². The molecular weight excluding hydrogens is 256 g/mol. The predicted octanol–water partition coefficient (Wildman–Crippen LogP) is 2.21. The SMILES string of the molecule is NCC1(c2ccc(O)c(O)c2O)CCC(F)(F)CC1. The van der Waals surface area contributed by atoms with E-state index in [1.165, 1.54) is 12.1 Å². The first-order chi connectivity index (χ1) is 8.81. The fraction of sp³-hybridized carbons (Fsp3) is 0.538. The van der Waals surface area contributed by atoms with Gasteiger partial charge in [0.05, 0.1) is 0 Å². The zero-order chi connectivity index (χ0) is 14.3. The van der Waals surface area contributed by atoms with Gasteiger partial charge in [0.1, 0.15) is 0 Å². The highest BCUT2D eigenvalue weighted by molar-refractivity contribution is 5.55. The van der Waals surface area contributed by atoms with E-state index in [4.69, 9.17) is 5.73 Å². The first-order valence-electron chi connectivity index (χ1n) is 6.14. The molecule has 5 N–H and O–H groups in total. The van der Waals surface area contributed by atoms with E-state index in [2.05, 4.69) is 0 Å². The van der Waals surface area contributed by atoms with Crippen molar-refractivity contribution in [1.29, 1.82) is 0 Å². The molecule has 106 valence electrons. The number of alkyl halides is 2. The third kappa shape index (κ3) is 2.32. The molecule has 0 aliphatic heterocycles. The second-order valence-corrected chi connectivity index (χ2v) is 5.17. The number of halogens is 2. The molecule has 4 nitrogen and oxygen atoms in total. The van der Waals surface area contributed by atoms with Gasteiger partial charge in [-0.05, 0) is 18.9 Å². The molecule has 1 aromatic rings. The summed E-state index contributed by atoms with van der Waals surface area (Å²) in [6, 6.07) is 2.66. The third-order valence-corrected chi connectivity index (χ3v) is 4.03. The van der Waals surface area contributed by atoms with E-state index < -0.39 is 28.6 Å². The number of rotatable bonds is 2. The number of phenolic OH excluding ortho intramolecular Hbond substituents is 3. The van der Waals surface area contributed by atoms with Gasteiger partial charge in [-0.2, -0.15) is 0 Å². The molecule has 1 aliphatic rings. The van der Waals surface area contributed by atoms with Crippen LogP contribution < -0.4 is 5.73 Å². The summed E-state index contributed by atoms with van der Waals surface area (Å²) in [6.45, 7) is 0.0981. The Balaban J connectivity index is 2.41. The molecule has 0 amide bonds. The van der Waals surface area contributed by atoms with E-state index in [0.29, 0.717) is 5.56 Å². The normalized spacial score (nSPS) is 21.2. The standard InChI is InChI=1S/C13H17F2NO3/c14-13(15)5-3-12(7-16,4-6-13)8-1-2-9(17)11(19)10(8)18/h1-2,17-19H,3-7,16H2. The lowest BCUT2D eigenvalue weighted by molar-refractivity contribution is -0.0511. The summed E-state index contributed by atoms with van der Waals surface area (Å²) in [7, 11) is 0. The van der Waals surface area contributed by atoms with Crippen LogP contribution in [-0.2, 0) is 5.41 Å². The maximum atomic E-state index is 13.3. The number of phenols is 3. The van der Waals surface area contributed by atoms with Crippen molar-refractivity contribution in [3.63, 3.8) is 0 Å². The summed E-state index contributed by atoms with van der Waals surface area (Å²) in [5, 5.41) is 28.7. The molecule has 1 fully saturated rings. The Morgan fingerprint density at radius 2 is 1.58 bits per heavy atom. The molecule has 0 bridgehead atoms. The Morgan fingerprint density at radius 3 is 2.11 bits per heavy atom. The molecule has 0 unspecified atom stereocenters. The Kier molecular flexibility index (Phi) is 3.30. The lowest BCUT2D eigenvalue weighted by Gasteiger charge is -2.40. The highest BCUT2D eigenvalue weighted by Crippen LogP contribution is 2.50. The smallest absolute Gasteiger partial charge is 0.248 e. The minimum atomic E-state index is -2.70. The summed E-state index contributed by atoms with van der Waals surface area (Å²) in [6.07, 6.45) is -0.334. The summed E-state index contributed by atoms with van der Waals surface area (Å²) in [5.41, 5.74) is 5.26. The zero-order valence-corrected chi connectivity index (χ0v) is 10.4. The first-order valence-corrected chi connectivity index (χ1v) is 6.14. The molecule has 19 heavy (non-hydrogen) atoms. The lowest BCUT2D eigenvalue weighted by atomic mass is 9.68. The molecule has 6 heteroatoms. The van der Waals surface area contributed by atoms with Crippen LogP contribution in [0, 0.1) is 0 Å². The van der Waals surface area contributed by atoms with Crippen molar-refractivity contribution < 1.29 is 24.1 Å². The van der Waals surface area contributed by atoms with Crippen LogP contribution in [0.2, 0.25) is 0 Å². The van der Waals surface area contributed by atoms with Crippen molar-refractivity contribution in [2.24, 2.45) is 5.73 Å². The summed E-state index contributed by atoms with van der Waals surface area (Å²) in [4.78, 5) is 0. The van der Waals surface area contributed by atoms with Crippen LogP contribution in [0.25, 0.3) is 0 Å². The largest absolute Gasteiger partial charge is 0.504 e. The van der Waals surface area contributed by atoms with Crippen molar-refractivity contribution in [1.82, 2.24) is 0 Å². The average Bonchev–Trinajstić information content (AvgIpc) is 2.38. The molecule has 0 saturated heterocycles. The summed E-state index contributed by atoms with van der Waals surface area (Å²) >= 11 is 0. The summed E-state index contributed by atoms with van der Waals surface area (Å²) < 4.78 is 26.5. The van der Waals surface area contributed by atoms with Gasteiger partial charge in [-0.25, -0.2) is 8.78 Å². The Bertz CT molecular complexity index is 481. The number of benzene rings is 1. The van der Waals surface area contributed by atoms with Crippen LogP contribution in [-0.4, -0.2) is 27.8 Å². The monoisotopic (exact) mass is 273 g/mol. The van der Waals surface area contributed by atoms with E-state index in [-0.39, 0.29) is 32.2 Å². The highest BCUT2D eigenvalue weighted by atomic mass is 19.3. The lowest BCUT2D eigenvalue weighted by Crippen LogP contribution is -2.42. The molecular formula is C13H17F2NO3. The van der Waals surface area contributed by atoms with Gasteiger partial charge in [0.15, 0.2) is 11.5 Å². The van der Waals surface area contributed by atoms with E-state index in [0.717, 1.165) is 0 Å². The van der Waals surface area contributed by atoms with Crippen LogP contribution in [0.4, 0.5) is 8.78 Å². The number of hydrogen-bond acceptors (Lipinski definition) is 4. The topological polar surface area (TPSA) is 86.7 Å². The fourth-order valence-electron chi connectivity index (χ4n) is 2.67. The molecule has 0 radical (unpaired) electrons. The molecule has 1 saturated carbocycles. The van der Waals surface area contributed by atoms with Gasteiger partial charge in [-0.1, -0.05) is 6.07 Å². The molecule has 0 spiro atoms. The van der Waals surface area contributed by atoms with Gasteiger partial charge < -0.3 is 21.1 Å². The van der Waals surface area contributed by atoms with Gasteiger partial charge >= 0.3 is 0 Å². The van der Waals surface area contributed by atoms with Gasteiger partial charge in [0.2, 0.25) is 11.7 Å². The van der Waals surface area contributed by atoms with Crippen LogP contribution in [0.5, 0.6) is 17.2 Å². The molecule has 1 aromatic carbocycles. The van der Waals surface area contributed by atoms with E-state index >= 15 is 0 Å². The number of nitrogens with two attached hydrogens (primary N) is 1. The van der Waals surface area contributed by atoms with Crippen molar-refractivity contribution in [3.05, 3.63) is 17.7 Å². The van der Waals surface area contributed by atoms with Crippen molar-refractivity contribution in [2.75, 3.05) is 6.54 Å². The Hall–Kier alpha value is -1.56. The maximum absolute atomic E-state index is 13.3. The molecule has 2 rings (SSSR count). The minimum absolute atomic E-state index is 0.0981. The number of hydrogen-bond donors (Lipinski definition) is 4. The molecule has 1 aliphatic carbocycles. The second-order valence-electron chi connectivity index (χ2n) is 5.17. The van der Waals surface area contributed by atoms with E-state index in [1.54, 1.807) is 0 Å². The molecule has 0 heterocycles. The van der Waals surface area contributed by atoms with Gasteiger partial charge in [0, 0.05) is 30.4 Å². The zero-order valence-electron chi connectivity index (χ0n) is 10.4. The van der Waals surface area contributed by atoms with Gasteiger partial charge in [-0.15, -0.1) is 0 Å². The number of aromatic hydroxyl groups is 3. The molecule has 0 aromatic heterocycles. The van der Waals surface area contributed by atoms with Crippen molar-refractivity contribution in [3.8, 4) is 17.2 Å². The van der Waals surface area contributed by atoms with Crippen LogP contribution in [0.1, 0.15) is 31.2 Å². The highest BCUT2D eigenvalue weighted by Gasteiger charge is 2.45. The Morgan fingerprint density at radius 1 is 1.00 bits per heavy atom. The quantitative estimate of drug-likeness (QED) is 0.622. The summed E-state index contributed by atoms with van der Waals surface area (Å²) in [5.74, 6) is -4.26. The average molecular weight is 273 g/mol. The van der Waals surface area contributed by atoms with E-state index in [1.807, 2.05) is 0 Å². The van der Waals surface area contributed by atoms with Crippen molar-refractivity contribution in [2.45, 2.75) is 37.0 Å². The Labute approximate surface area is 109 Å². The third-order valence-electron chi connectivity index (χ3n) is 4.03. The van der Waals surface area contributed by atoms with E-state index in [9.17, 15) is 24.1 Å².